The van der Waals surface area contributed by atoms with Gasteiger partial charge in [-0.1, -0.05) is 38.1 Å². The molecule has 1 saturated carbocycles. The van der Waals surface area contributed by atoms with Gasteiger partial charge in [-0.2, -0.15) is 0 Å². The van der Waals surface area contributed by atoms with Crippen LogP contribution in [0.3, 0.4) is 0 Å². The van der Waals surface area contributed by atoms with Gasteiger partial charge in [0.25, 0.3) is 0 Å². The quantitative estimate of drug-likeness (QED) is 0.451. The zero-order valence-corrected chi connectivity index (χ0v) is 18.9. The standard InChI is InChI=1S/C26H33N3O2/c1-18(2)21-13-10-19(3)16-24(21)31-15-7-6-14-29-23-9-5-4-8-22(23)28-25(29)17-27-26(30)20-11-12-20/h4-5,8-10,13,16,18,20H,6-7,11-12,14-15,17H2,1-3H3,(H,27,30). The van der Waals surface area contributed by atoms with Gasteiger partial charge < -0.3 is 14.6 Å². The summed E-state index contributed by atoms with van der Waals surface area (Å²) in [5.74, 6) is 2.75. The number of hydrogen-bond donors (Lipinski definition) is 1. The molecule has 1 fully saturated rings. The van der Waals surface area contributed by atoms with E-state index in [2.05, 4.69) is 54.9 Å². The van der Waals surface area contributed by atoms with Crippen molar-refractivity contribution in [3.05, 3.63) is 59.4 Å². The topological polar surface area (TPSA) is 56.1 Å². The number of carbonyl (C=O) groups excluding carboxylic acids is 1. The molecule has 164 valence electrons. The summed E-state index contributed by atoms with van der Waals surface area (Å²) in [6.07, 6.45) is 3.99. The van der Waals surface area contributed by atoms with Crippen LogP contribution in [0.1, 0.15) is 62.4 Å². The fraction of sp³-hybridized carbons (Fsp3) is 0.462. The van der Waals surface area contributed by atoms with E-state index in [0.717, 1.165) is 54.8 Å². The summed E-state index contributed by atoms with van der Waals surface area (Å²) in [5, 5.41) is 3.06. The molecule has 4 rings (SSSR count). The first-order chi connectivity index (χ1) is 15.0. The Hall–Kier alpha value is -2.82. The van der Waals surface area contributed by atoms with E-state index in [4.69, 9.17) is 9.72 Å². The molecule has 1 heterocycles. The lowest BCUT2D eigenvalue weighted by molar-refractivity contribution is -0.122. The molecule has 5 nitrogen and oxygen atoms in total. The molecule has 0 radical (unpaired) electrons. The first kappa shape index (κ1) is 21.4. The third-order valence-electron chi connectivity index (χ3n) is 5.93. The summed E-state index contributed by atoms with van der Waals surface area (Å²) in [5.41, 5.74) is 4.60. The Balaban J connectivity index is 1.36. The number of ether oxygens (including phenoxy) is 1. The minimum atomic E-state index is 0.158. The Bertz CT molecular complexity index is 1050. The SMILES string of the molecule is Cc1ccc(C(C)C)c(OCCCCn2c(CNC(=O)C3CC3)nc3ccccc32)c1. The second-order valence-electron chi connectivity index (χ2n) is 8.91. The Morgan fingerprint density at radius 1 is 1.19 bits per heavy atom. The van der Waals surface area contributed by atoms with Crippen molar-refractivity contribution in [2.24, 2.45) is 5.92 Å². The van der Waals surface area contributed by atoms with Gasteiger partial charge in [0.15, 0.2) is 0 Å². The number of unbranched alkanes of at least 4 members (excludes halogenated alkanes) is 1. The van der Waals surface area contributed by atoms with Crippen molar-refractivity contribution in [3.8, 4) is 5.75 Å². The average molecular weight is 420 g/mol. The van der Waals surface area contributed by atoms with Crippen molar-refractivity contribution >= 4 is 16.9 Å². The molecule has 5 heteroatoms. The summed E-state index contributed by atoms with van der Waals surface area (Å²) < 4.78 is 8.39. The molecule has 0 saturated heterocycles. The summed E-state index contributed by atoms with van der Waals surface area (Å²) in [7, 11) is 0. The second-order valence-corrected chi connectivity index (χ2v) is 8.91. The van der Waals surface area contributed by atoms with Gasteiger partial charge in [-0.3, -0.25) is 4.79 Å². The summed E-state index contributed by atoms with van der Waals surface area (Å²) in [6, 6.07) is 14.7. The molecule has 0 spiro atoms. The number of nitrogens with one attached hydrogen (secondary N) is 1. The minimum Gasteiger partial charge on any atom is -0.493 e. The van der Waals surface area contributed by atoms with E-state index in [1.54, 1.807) is 0 Å². The van der Waals surface area contributed by atoms with Crippen LogP contribution >= 0.6 is 0 Å². The van der Waals surface area contributed by atoms with Crippen molar-refractivity contribution in [2.75, 3.05) is 6.61 Å². The molecule has 3 aromatic rings. The maximum absolute atomic E-state index is 12.1. The highest BCUT2D eigenvalue weighted by atomic mass is 16.5. The Kier molecular flexibility index (Phi) is 6.59. The Labute approximate surface area is 184 Å². The number of nitrogens with zero attached hydrogens (tertiary/aromatic N) is 2. The van der Waals surface area contributed by atoms with Gasteiger partial charge in [-0.25, -0.2) is 4.98 Å². The van der Waals surface area contributed by atoms with Crippen LogP contribution in [0.2, 0.25) is 0 Å². The monoisotopic (exact) mass is 419 g/mol. The largest absolute Gasteiger partial charge is 0.493 e. The number of aromatic nitrogens is 2. The van der Waals surface area contributed by atoms with E-state index in [-0.39, 0.29) is 11.8 Å². The number of carbonyl (C=O) groups is 1. The molecule has 0 bridgehead atoms. The molecule has 1 aliphatic rings. The van der Waals surface area contributed by atoms with Gasteiger partial charge in [0.2, 0.25) is 5.91 Å². The minimum absolute atomic E-state index is 0.158. The summed E-state index contributed by atoms with van der Waals surface area (Å²) in [6.45, 7) is 8.55. The highest BCUT2D eigenvalue weighted by Gasteiger charge is 2.29. The van der Waals surface area contributed by atoms with Crippen LogP contribution in [0.4, 0.5) is 0 Å². The third-order valence-corrected chi connectivity index (χ3v) is 5.93. The highest BCUT2D eigenvalue weighted by Crippen LogP contribution is 2.29. The van der Waals surface area contributed by atoms with E-state index in [1.807, 2.05) is 18.2 Å². The molecule has 31 heavy (non-hydrogen) atoms. The number of benzene rings is 2. The fourth-order valence-electron chi connectivity index (χ4n) is 3.96. The summed E-state index contributed by atoms with van der Waals surface area (Å²) >= 11 is 0. The van der Waals surface area contributed by atoms with Crippen LogP contribution in [-0.2, 0) is 17.9 Å². The molecule has 2 aromatic carbocycles. The average Bonchev–Trinajstić information content (AvgIpc) is 3.54. The third kappa shape index (κ3) is 5.27. The molecule has 1 amide bonds. The van der Waals surface area contributed by atoms with Crippen molar-refractivity contribution in [2.45, 2.75) is 65.5 Å². The number of fused-ring (bicyclic) bond motifs is 1. The van der Waals surface area contributed by atoms with Crippen LogP contribution in [-0.4, -0.2) is 22.1 Å². The fourth-order valence-corrected chi connectivity index (χ4v) is 3.96. The second kappa shape index (κ2) is 9.54. The molecular weight excluding hydrogens is 386 g/mol. The van der Waals surface area contributed by atoms with Crippen LogP contribution < -0.4 is 10.1 Å². The zero-order valence-electron chi connectivity index (χ0n) is 18.9. The number of hydrogen-bond acceptors (Lipinski definition) is 3. The van der Waals surface area contributed by atoms with Crippen LogP contribution in [0.25, 0.3) is 11.0 Å². The molecule has 0 unspecified atom stereocenters. The van der Waals surface area contributed by atoms with Crippen LogP contribution in [0.15, 0.2) is 42.5 Å². The van der Waals surface area contributed by atoms with E-state index in [0.29, 0.717) is 19.1 Å². The van der Waals surface area contributed by atoms with Gasteiger partial charge >= 0.3 is 0 Å². The van der Waals surface area contributed by atoms with Gasteiger partial charge in [-0.15, -0.1) is 0 Å². The van der Waals surface area contributed by atoms with Gasteiger partial charge in [0, 0.05) is 12.5 Å². The van der Waals surface area contributed by atoms with Gasteiger partial charge in [0.05, 0.1) is 24.2 Å². The number of amides is 1. The Morgan fingerprint density at radius 3 is 2.77 bits per heavy atom. The first-order valence-electron chi connectivity index (χ1n) is 11.5. The van der Waals surface area contributed by atoms with Crippen LogP contribution in [0, 0.1) is 12.8 Å². The predicted octanol–water partition coefficient (Wildman–Crippen LogP) is 5.35. The number of imidazole rings is 1. The van der Waals surface area contributed by atoms with Gasteiger partial charge in [0.1, 0.15) is 11.6 Å². The van der Waals surface area contributed by atoms with Crippen molar-refractivity contribution in [1.82, 2.24) is 14.9 Å². The van der Waals surface area contributed by atoms with E-state index < -0.39 is 0 Å². The number of aryl methyl sites for hydroxylation is 2. The first-order valence-corrected chi connectivity index (χ1v) is 11.5. The lowest BCUT2D eigenvalue weighted by atomic mass is 10.0. The Morgan fingerprint density at radius 2 is 2.00 bits per heavy atom. The predicted molar refractivity (Wildman–Crippen MR) is 124 cm³/mol. The molecule has 1 N–H and O–H groups in total. The maximum atomic E-state index is 12.1. The lowest BCUT2D eigenvalue weighted by Crippen LogP contribution is -2.26. The summed E-state index contributed by atoms with van der Waals surface area (Å²) in [4.78, 5) is 16.8. The highest BCUT2D eigenvalue weighted by molar-refractivity contribution is 5.81. The lowest BCUT2D eigenvalue weighted by Gasteiger charge is -2.15. The van der Waals surface area contributed by atoms with Crippen molar-refractivity contribution in [3.63, 3.8) is 0 Å². The molecular formula is C26H33N3O2. The number of rotatable bonds is 10. The van der Waals surface area contributed by atoms with Crippen molar-refractivity contribution in [1.29, 1.82) is 0 Å². The maximum Gasteiger partial charge on any atom is 0.223 e. The number of para-hydroxylation sites is 2. The molecule has 1 aliphatic carbocycles. The smallest absolute Gasteiger partial charge is 0.223 e. The molecule has 0 aliphatic heterocycles. The van der Waals surface area contributed by atoms with E-state index in [9.17, 15) is 4.79 Å². The molecule has 1 aromatic heterocycles. The van der Waals surface area contributed by atoms with Crippen molar-refractivity contribution < 1.29 is 9.53 Å². The normalized spacial score (nSPS) is 13.7. The van der Waals surface area contributed by atoms with E-state index >= 15 is 0 Å². The van der Waals surface area contributed by atoms with Crippen LogP contribution in [0.5, 0.6) is 5.75 Å². The van der Waals surface area contributed by atoms with E-state index in [1.165, 1.54) is 11.1 Å². The molecule has 0 atom stereocenters. The zero-order chi connectivity index (χ0) is 21.8. The van der Waals surface area contributed by atoms with Gasteiger partial charge in [-0.05, 0) is 67.9 Å².